The average molecular weight is 153 g/mol. The van der Waals surface area contributed by atoms with Gasteiger partial charge in [-0.2, -0.15) is 5.10 Å². The van der Waals surface area contributed by atoms with Crippen LogP contribution in [-0.4, -0.2) is 15.6 Å². The third-order valence-corrected chi connectivity index (χ3v) is 1.44. The van der Waals surface area contributed by atoms with Crippen molar-refractivity contribution in [2.75, 3.05) is 5.73 Å². The van der Waals surface area contributed by atoms with Crippen molar-refractivity contribution in [3.63, 3.8) is 0 Å². The summed E-state index contributed by atoms with van der Waals surface area (Å²) in [4.78, 5) is 11.1. The Morgan fingerprint density at radius 1 is 1.82 bits per heavy atom. The topological polar surface area (TPSA) is 60.9 Å². The molecule has 1 aromatic rings. The lowest BCUT2D eigenvalue weighted by atomic mass is 10.2. The fourth-order valence-corrected chi connectivity index (χ4v) is 0.891. The maximum atomic E-state index is 11.1. The Labute approximate surface area is 65.0 Å². The molecule has 11 heavy (non-hydrogen) atoms. The lowest BCUT2D eigenvalue weighted by molar-refractivity contribution is 0.0983. The number of aromatic nitrogens is 2. The van der Waals surface area contributed by atoms with E-state index in [9.17, 15) is 4.79 Å². The number of ketones is 1. The van der Waals surface area contributed by atoms with Crippen molar-refractivity contribution in [3.8, 4) is 0 Å². The number of hydrogen-bond donors (Lipinski definition) is 1. The molecule has 1 heterocycles. The van der Waals surface area contributed by atoms with Gasteiger partial charge >= 0.3 is 0 Å². The van der Waals surface area contributed by atoms with E-state index < -0.39 is 0 Å². The molecule has 0 unspecified atom stereocenters. The van der Waals surface area contributed by atoms with Crippen LogP contribution in [0.15, 0.2) is 6.20 Å². The zero-order valence-corrected chi connectivity index (χ0v) is 6.66. The SMILES string of the molecule is CCC(=O)c1nn(C)cc1N. The fraction of sp³-hybridized carbons (Fsp3) is 0.429. The van der Waals surface area contributed by atoms with Crippen LogP contribution in [0.1, 0.15) is 23.8 Å². The molecule has 60 valence electrons. The van der Waals surface area contributed by atoms with Gasteiger partial charge in [-0.05, 0) is 0 Å². The first kappa shape index (κ1) is 7.78. The number of nitrogen functional groups attached to an aromatic ring is 1. The highest BCUT2D eigenvalue weighted by atomic mass is 16.1. The smallest absolute Gasteiger partial charge is 0.184 e. The summed E-state index contributed by atoms with van der Waals surface area (Å²) < 4.78 is 1.54. The normalized spacial score (nSPS) is 10.0. The minimum Gasteiger partial charge on any atom is -0.396 e. The minimum atomic E-state index is -0.0110. The Morgan fingerprint density at radius 2 is 2.45 bits per heavy atom. The summed E-state index contributed by atoms with van der Waals surface area (Å²) in [5.41, 5.74) is 6.36. The number of carbonyl (C=O) groups is 1. The van der Waals surface area contributed by atoms with E-state index in [0.29, 0.717) is 17.8 Å². The highest BCUT2D eigenvalue weighted by Crippen LogP contribution is 2.09. The van der Waals surface area contributed by atoms with Gasteiger partial charge in [0.25, 0.3) is 0 Å². The molecule has 4 heteroatoms. The number of nitrogens with two attached hydrogens (primary N) is 1. The molecule has 0 aliphatic carbocycles. The van der Waals surface area contributed by atoms with Gasteiger partial charge in [0.15, 0.2) is 11.5 Å². The number of Topliss-reactive ketones (excluding diaryl/α,β-unsaturated/α-hetero) is 1. The van der Waals surface area contributed by atoms with Crippen LogP contribution in [0, 0.1) is 0 Å². The molecule has 0 saturated carbocycles. The van der Waals surface area contributed by atoms with Crippen molar-refractivity contribution >= 4 is 11.5 Å². The summed E-state index contributed by atoms with van der Waals surface area (Å²) in [6.07, 6.45) is 2.07. The summed E-state index contributed by atoms with van der Waals surface area (Å²) in [6.45, 7) is 1.79. The van der Waals surface area contributed by atoms with Crippen LogP contribution in [0.4, 0.5) is 5.69 Å². The van der Waals surface area contributed by atoms with Gasteiger partial charge in [0.1, 0.15) is 0 Å². The first-order chi connectivity index (χ1) is 5.15. The predicted molar refractivity (Wildman–Crippen MR) is 42.2 cm³/mol. The molecule has 0 aromatic carbocycles. The highest BCUT2D eigenvalue weighted by Gasteiger charge is 2.10. The molecule has 0 fully saturated rings. The molecular formula is C7H11N3O. The van der Waals surface area contributed by atoms with E-state index in [1.807, 2.05) is 0 Å². The molecule has 0 amide bonds. The van der Waals surface area contributed by atoms with Gasteiger partial charge in [-0.25, -0.2) is 0 Å². The van der Waals surface area contributed by atoms with E-state index in [1.165, 1.54) is 4.68 Å². The van der Waals surface area contributed by atoms with Crippen molar-refractivity contribution in [1.82, 2.24) is 9.78 Å². The monoisotopic (exact) mass is 153 g/mol. The lowest BCUT2D eigenvalue weighted by Gasteiger charge is -1.90. The summed E-state index contributed by atoms with van der Waals surface area (Å²) in [6, 6.07) is 0. The maximum absolute atomic E-state index is 11.1. The van der Waals surface area contributed by atoms with Crippen molar-refractivity contribution in [2.45, 2.75) is 13.3 Å². The summed E-state index contributed by atoms with van der Waals surface area (Å²) in [5, 5.41) is 3.92. The Kier molecular flexibility index (Phi) is 1.94. The quantitative estimate of drug-likeness (QED) is 0.633. The molecule has 0 aliphatic rings. The lowest BCUT2D eigenvalue weighted by Crippen LogP contribution is -2.01. The van der Waals surface area contributed by atoms with Crippen LogP contribution in [0.3, 0.4) is 0 Å². The van der Waals surface area contributed by atoms with Gasteiger partial charge in [-0.1, -0.05) is 6.92 Å². The van der Waals surface area contributed by atoms with Gasteiger partial charge in [-0.3, -0.25) is 9.48 Å². The summed E-state index contributed by atoms with van der Waals surface area (Å²) >= 11 is 0. The van der Waals surface area contributed by atoms with E-state index >= 15 is 0 Å². The number of carbonyl (C=O) groups excluding carboxylic acids is 1. The molecule has 0 atom stereocenters. The maximum Gasteiger partial charge on any atom is 0.184 e. The molecule has 0 bridgehead atoms. The van der Waals surface area contributed by atoms with E-state index in [4.69, 9.17) is 5.73 Å². The van der Waals surface area contributed by atoms with E-state index in [2.05, 4.69) is 5.10 Å². The molecule has 0 aliphatic heterocycles. The number of rotatable bonds is 2. The Morgan fingerprint density at radius 3 is 2.82 bits per heavy atom. The standard InChI is InChI=1S/C7H11N3O/c1-3-6(11)7-5(8)4-10(2)9-7/h4H,3,8H2,1-2H3. The Hall–Kier alpha value is -1.32. The van der Waals surface area contributed by atoms with Crippen LogP contribution < -0.4 is 5.73 Å². The van der Waals surface area contributed by atoms with Crippen molar-refractivity contribution in [3.05, 3.63) is 11.9 Å². The second-order valence-electron chi connectivity index (χ2n) is 2.38. The molecule has 0 radical (unpaired) electrons. The molecule has 1 rings (SSSR count). The number of anilines is 1. The molecule has 1 aromatic heterocycles. The van der Waals surface area contributed by atoms with Crippen LogP contribution in [0.2, 0.25) is 0 Å². The van der Waals surface area contributed by atoms with Gasteiger partial charge < -0.3 is 5.73 Å². The van der Waals surface area contributed by atoms with Gasteiger partial charge in [0.2, 0.25) is 0 Å². The van der Waals surface area contributed by atoms with Crippen LogP contribution in [0.5, 0.6) is 0 Å². The Balaban J connectivity index is 3.03. The van der Waals surface area contributed by atoms with Crippen LogP contribution in [-0.2, 0) is 7.05 Å². The van der Waals surface area contributed by atoms with Crippen LogP contribution >= 0.6 is 0 Å². The average Bonchev–Trinajstić information content (AvgIpc) is 2.28. The summed E-state index contributed by atoms with van der Waals surface area (Å²) in [5.74, 6) is -0.0110. The molecule has 0 saturated heterocycles. The van der Waals surface area contributed by atoms with Gasteiger partial charge in [-0.15, -0.1) is 0 Å². The van der Waals surface area contributed by atoms with Crippen molar-refractivity contribution in [2.24, 2.45) is 7.05 Å². The number of aryl methyl sites for hydroxylation is 1. The third kappa shape index (κ3) is 1.39. The predicted octanol–water partition coefficient (Wildman–Crippen LogP) is 0.595. The van der Waals surface area contributed by atoms with Crippen molar-refractivity contribution in [1.29, 1.82) is 0 Å². The third-order valence-electron chi connectivity index (χ3n) is 1.44. The van der Waals surface area contributed by atoms with Crippen molar-refractivity contribution < 1.29 is 4.79 Å². The molecule has 2 N–H and O–H groups in total. The molecular weight excluding hydrogens is 142 g/mol. The van der Waals surface area contributed by atoms with E-state index in [-0.39, 0.29) is 5.78 Å². The van der Waals surface area contributed by atoms with Gasteiger partial charge in [0, 0.05) is 19.7 Å². The first-order valence-electron chi connectivity index (χ1n) is 3.47. The van der Waals surface area contributed by atoms with E-state index in [1.54, 1.807) is 20.2 Å². The second-order valence-corrected chi connectivity index (χ2v) is 2.38. The molecule has 0 spiro atoms. The fourth-order valence-electron chi connectivity index (χ4n) is 0.891. The Bertz CT molecular complexity index is 277. The zero-order chi connectivity index (χ0) is 8.43. The number of nitrogens with zero attached hydrogens (tertiary/aromatic N) is 2. The van der Waals surface area contributed by atoms with Gasteiger partial charge in [0.05, 0.1) is 5.69 Å². The highest BCUT2D eigenvalue weighted by molar-refractivity contribution is 5.98. The first-order valence-corrected chi connectivity index (χ1v) is 3.47. The summed E-state index contributed by atoms with van der Waals surface area (Å²) in [7, 11) is 1.74. The minimum absolute atomic E-state index is 0.0110. The molecule has 4 nitrogen and oxygen atoms in total. The zero-order valence-electron chi connectivity index (χ0n) is 6.66. The largest absolute Gasteiger partial charge is 0.396 e. The number of hydrogen-bond acceptors (Lipinski definition) is 3. The van der Waals surface area contributed by atoms with Crippen LogP contribution in [0.25, 0.3) is 0 Å². The second kappa shape index (κ2) is 2.74. The van der Waals surface area contributed by atoms with E-state index in [0.717, 1.165) is 0 Å².